The number of carbonyl (C=O) groups is 1. The largest absolute Gasteiger partial charge is 0.468 e. The average molecular weight is 333 g/mol. The Hall–Kier alpha value is -2.74. The molecular formula is C15H15N3O4S. The fourth-order valence-electron chi connectivity index (χ4n) is 1.68. The molecule has 0 amide bonds. The van der Waals surface area contributed by atoms with Crippen LogP contribution < -0.4 is 27.1 Å². The van der Waals surface area contributed by atoms with E-state index in [1.165, 1.54) is 25.1 Å². The lowest BCUT2D eigenvalue weighted by molar-refractivity contribution is -0.139. The summed E-state index contributed by atoms with van der Waals surface area (Å²) in [5.74, 6) is -0.466. The highest BCUT2D eigenvalue weighted by Gasteiger charge is 1.99. The predicted molar refractivity (Wildman–Crippen MR) is 88.2 cm³/mol. The maximum absolute atomic E-state index is 11.9. The van der Waals surface area contributed by atoms with Crippen LogP contribution in [0.25, 0.3) is 11.6 Å². The van der Waals surface area contributed by atoms with Crippen molar-refractivity contribution in [3.8, 4) is 0 Å². The van der Waals surface area contributed by atoms with Crippen LogP contribution in [0.2, 0.25) is 0 Å². The summed E-state index contributed by atoms with van der Waals surface area (Å²) in [6.07, 6.45) is 1.36. The predicted octanol–water partition coefficient (Wildman–Crippen LogP) is -0.906. The first-order valence-electron chi connectivity index (χ1n) is 6.65. The molecule has 0 spiro atoms. The fourth-order valence-corrected chi connectivity index (χ4v) is 2.44. The number of nitrogens with one attached hydrogen (secondary N) is 3. The number of rotatable bonds is 5. The van der Waals surface area contributed by atoms with Crippen molar-refractivity contribution >= 4 is 29.3 Å². The molecule has 0 aliphatic rings. The molecule has 120 valence electrons. The van der Waals surface area contributed by atoms with Crippen molar-refractivity contribution in [2.75, 3.05) is 13.7 Å². The zero-order valence-electron chi connectivity index (χ0n) is 12.3. The van der Waals surface area contributed by atoms with E-state index < -0.39 is 17.2 Å². The number of ether oxygens (including phenoxy) is 1. The molecule has 0 saturated heterocycles. The van der Waals surface area contributed by atoms with Crippen LogP contribution >= 0.6 is 11.8 Å². The maximum Gasteiger partial charge on any atom is 0.326 e. The number of H-pyrrole nitrogens is 2. The van der Waals surface area contributed by atoms with Gasteiger partial charge in [-0.15, -0.1) is 0 Å². The number of carbonyl (C=O) groups excluding carboxylic acids is 1. The van der Waals surface area contributed by atoms with Gasteiger partial charge in [-0.1, -0.05) is 30.0 Å². The SMILES string of the molecule is COC(=O)CN/C=c1\c(=O)[nH]c(=O)[nH]\c1=C\Sc1ccccc1. The van der Waals surface area contributed by atoms with Gasteiger partial charge in [-0.25, -0.2) is 4.79 Å². The van der Waals surface area contributed by atoms with Crippen molar-refractivity contribution in [1.82, 2.24) is 15.3 Å². The Morgan fingerprint density at radius 1 is 1.26 bits per heavy atom. The lowest BCUT2D eigenvalue weighted by atomic mass is 10.4. The highest BCUT2D eigenvalue weighted by Crippen LogP contribution is 2.17. The first-order valence-corrected chi connectivity index (χ1v) is 7.53. The quantitative estimate of drug-likeness (QED) is 0.484. The van der Waals surface area contributed by atoms with E-state index in [9.17, 15) is 14.4 Å². The second-order valence-electron chi connectivity index (χ2n) is 4.39. The van der Waals surface area contributed by atoms with E-state index in [0.29, 0.717) is 5.35 Å². The van der Waals surface area contributed by atoms with Gasteiger partial charge in [0.05, 0.1) is 17.7 Å². The van der Waals surface area contributed by atoms with Crippen molar-refractivity contribution in [2.24, 2.45) is 0 Å². The van der Waals surface area contributed by atoms with Gasteiger partial charge in [-0.2, -0.15) is 0 Å². The second-order valence-corrected chi connectivity index (χ2v) is 5.33. The summed E-state index contributed by atoms with van der Waals surface area (Å²) in [4.78, 5) is 40.1. The molecule has 1 aromatic carbocycles. The monoisotopic (exact) mass is 333 g/mol. The van der Waals surface area contributed by atoms with Crippen molar-refractivity contribution in [2.45, 2.75) is 4.90 Å². The van der Waals surface area contributed by atoms with Gasteiger partial charge >= 0.3 is 11.7 Å². The number of methoxy groups -OCH3 is 1. The molecule has 0 fully saturated rings. The Bertz CT molecular complexity index is 903. The lowest BCUT2D eigenvalue weighted by Gasteiger charge is -1.98. The first kappa shape index (κ1) is 16.6. The van der Waals surface area contributed by atoms with E-state index in [2.05, 4.69) is 20.0 Å². The number of hydrogen-bond acceptors (Lipinski definition) is 6. The summed E-state index contributed by atoms with van der Waals surface area (Å²) >= 11 is 1.36. The van der Waals surface area contributed by atoms with Crippen LogP contribution in [0.15, 0.2) is 44.8 Å². The Balaban J connectivity index is 2.38. The van der Waals surface area contributed by atoms with Crippen LogP contribution in [-0.4, -0.2) is 29.6 Å². The molecule has 23 heavy (non-hydrogen) atoms. The lowest BCUT2D eigenvalue weighted by Crippen LogP contribution is -2.49. The summed E-state index contributed by atoms with van der Waals surface area (Å²) in [5.41, 5.74) is -1.15. The van der Waals surface area contributed by atoms with Gasteiger partial charge in [0.15, 0.2) is 0 Å². The molecule has 3 N–H and O–H groups in total. The minimum absolute atomic E-state index is 0.0830. The van der Waals surface area contributed by atoms with E-state index in [1.54, 1.807) is 5.41 Å². The Labute approximate surface area is 135 Å². The Kier molecular flexibility index (Phi) is 5.81. The molecule has 1 aromatic heterocycles. The second kappa shape index (κ2) is 8.04. The van der Waals surface area contributed by atoms with Gasteiger partial charge < -0.3 is 15.0 Å². The topological polar surface area (TPSA) is 104 Å². The molecule has 2 aromatic rings. The number of hydrogen-bond donors (Lipinski definition) is 3. The maximum atomic E-state index is 11.9. The van der Waals surface area contributed by atoms with E-state index in [1.807, 2.05) is 30.3 Å². The van der Waals surface area contributed by atoms with Crippen LogP contribution in [0.3, 0.4) is 0 Å². The fraction of sp³-hybridized carbons (Fsp3) is 0.133. The third-order valence-electron chi connectivity index (χ3n) is 2.79. The van der Waals surface area contributed by atoms with E-state index in [-0.39, 0.29) is 11.8 Å². The van der Waals surface area contributed by atoms with Crippen molar-refractivity contribution < 1.29 is 9.53 Å². The summed E-state index contributed by atoms with van der Waals surface area (Å²) in [5, 5.41) is 4.92. The molecule has 0 radical (unpaired) electrons. The van der Waals surface area contributed by atoms with Gasteiger partial charge in [-0.05, 0) is 12.1 Å². The third kappa shape index (κ3) is 4.89. The number of aromatic amines is 2. The normalized spacial score (nSPS) is 12.2. The van der Waals surface area contributed by atoms with Crippen LogP contribution in [-0.2, 0) is 9.53 Å². The van der Waals surface area contributed by atoms with Gasteiger partial charge in [0.25, 0.3) is 5.56 Å². The first-order chi connectivity index (χ1) is 11.1. The smallest absolute Gasteiger partial charge is 0.326 e. The third-order valence-corrected chi connectivity index (χ3v) is 3.68. The molecule has 1 heterocycles. The summed E-state index contributed by atoms with van der Waals surface area (Å²) < 4.78 is 4.50. The van der Waals surface area contributed by atoms with E-state index >= 15 is 0 Å². The van der Waals surface area contributed by atoms with Crippen LogP contribution in [0.4, 0.5) is 0 Å². The van der Waals surface area contributed by atoms with Gasteiger partial charge in [0, 0.05) is 16.5 Å². The van der Waals surface area contributed by atoms with Crippen molar-refractivity contribution in [3.63, 3.8) is 0 Å². The zero-order valence-corrected chi connectivity index (χ0v) is 13.1. The van der Waals surface area contributed by atoms with Gasteiger partial charge in [0.1, 0.15) is 6.54 Å². The minimum Gasteiger partial charge on any atom is -0.468 e. The van der Waals surface area contributed by atoms with Crippen LogP contribution in [0.1, 0.15) is 0 Å². The minimum atomic E-state index is -0.597. The standard InChI is InChI=1S/C15H15N3O4S/c1-22-13(19)8-16-7-11-12(17-15(21)18-14(11)20)9-23-10-5-3-2-4-6-10/h2-7,9,16H,8H2,1H3,(H2,17,18,20,21)/b11-7-,12-9+. The number of benzene rings is 1. The number of esters is 1. The highest BCUT2D eigenvalue weighted by atomic mass is 32.2. The summed E-state index contributed by atoms with van der Waals surface area (Å²) in [6.45, 7) is -0.0830. The molecule has 0 saturated carbocycles. The Morgan fingerprint density at radius 3 is 2.70 bits per heavy atom. The van der Waals surface area contributed by atoms with Crippen LogP contribution in [0, 0.1) is 0 Å². The number of aromatic nitrogens is 2. The zero-order chi connectivity index (χ0) is 16.7. The van der Waals surface area contributed by atoms with Gasteiger partial charge in [-0.3, -0.25) is 14.6 Å². The van der Waals surface area contributed by atoms with Crippen molar-refractivity contribution in [1.29, 1.82) is 0 Å². The molecule has 7 nitrogen and oxygen atoms in total. The molecule has 2 rings (SSSR count). The molecule has 0 atom stereocenters. The highest BCUT2D eigenvalue weighted by molar-refractivity contribution is 8.06. The average Bonchev–Trinajstić information content (AvgIpc) is 2.55. The molecule has 0 aliphatic carbocycles. The summed E-state index contributed by atoms with van der Waals surface area (Å²) in [7, 11) is 1.27. The van der Waals surface area contributed by atoms with Crippen LogP contribution in [0.5, 0.6) is 0 Å². The molecule has 0 aliphatic heterocycles. The molecule has 0 bridgehead atoms. The van der Waals surface area contributed by atoms with E-state index in [4.69, 9.17) is 0 Å². The Morgan fingerprint density at radius 2 is 2.00 bits per heavy atom. The van der Waals surface area contributed by atoms with Gasteiger partial charge in [0.2, 0.25) is 0 Å². The molecule has 0 unspecified atom stereocenters. The van der Waals surface area contributed by atoms with Crippen molar-refractivity contribution in [3.05, 3.63) is 61.7 Å². The number of thioether (sulfide) groups is 1. The van der Waals surface area contributed by atoms with E-state index in [0.717, 1.165) is 4.90 Å². The summed E-state index contributed by atoms with van der Waals surface area (Å²) in [6, 6.07) is 9.50. The molecular weight excluding hydrogens is 318 g/mol. The molecule has 8 heteroatoms.